The molecule has 0 saturated carbocycles. The summed E-state index contributed by atoms with van der Waals surface area (Å²) in [4.78, 5) is 14.7. The van der Waals surface area contributed by atoms with Crippen molar-refractivity contribution in [1.29, 1.82) is 0 Å². The first-order valence-electron chi connectivity index (χ1n) is 6.22. The zero-order valence-corrected chi connectivity index (χ0v) is 11.7. The summed E-state index contributed by atoms with van der Waals surface area (Å²) in [5.41, 5.74) is 1.81. The Kier molecular flexibility index (Phi) is 5.92. The minimum Gasteiger partial charge on any atom is -0.480 e. The highest BCUT2D eigenvalue weighted by Crippen LogP contribution is 2.12. The van der Waals surface area contributed by atoms with E-state index in [1.165, 1.54) is 12.1 Å². The van der Waals surface area contributed by atoms with Crippen molar-refractivity contribution in [2.75, 3.05) is 33.7 Å². The SMILES string of the molecule is Cc1cc(F)ccc1CN(CCN(C)C)CC(=O)O. The molecule has 0 radical (unpaired) electrons. The molecule has 0 spiro atoms. The van der Waals surface area contributed by atoms with Crippen molar-refractivity contribution in [3.63, 3.8) is 0 Å². The number of carboxylic acids is 1. The Hall–Kier alpha value is -1.46. The predicted molar refractivity (Wildman–Crippen MR) is 72.6 cm³/mol. The Morgan fingerprint density at radius 3 is 2.53 bits per heavy atom. The Bertz CT molecular complexity index is 435. The largest absolute Gasteiger partial charge is 0.480 e. The van der Waals surface area contributed by atoms with E-state index in [-0.39, 0.29) is 12.4 Å². The van der Waals surface area contributed by atoms with E-state index in [1.807, 2.05) is 30.8 Å². The number of carboxylic acid groups (broad SMARTS) is 1. The fraction of sp³-hybridized carbons (Fsp3) is 0.500. The van der Waals surface area contributed by atoms with Crippen LogP contribution in [0.2, 0.25) is 0 Å². The first kappa shape index (κ1) is 15.6. The molecule has 0 heterocycles. The van der Waals surface area contributed by atoms with Crippen LogP contribution in [0.5, 0.6) is 0 Å². The summed E-state index contributed by atoms with van der Waals surface area (Å²) in [5, 5.41) is 8.93. The second-order valence-electron chi connectivity index (χ2n) is 4.98. The minimum absolute atomic E-state index is 0.00927. The van der Waals surface area contributed by atoms with Gasteiger partial charge in [-0.05, 0) is 44.3 Å². The molecule has 0 fully saturated rings. The number of hydrogen-bond donors (Lipinski definition) is 1. The normalized spacial score (nSPS) is 11.3. The second-order valence-corrected chi connectivity index (χ2v) is 4.98. The van der Waals surface area contributed by atoms with Gasteiger partial charge in [0, 0.05) is 19.6 Å². The molecule has 4 nitrogen and oxygen atoms in total. The molecule has 0 amide bonds. The number of aryl methyl sites for hydroxylation is 1. The van der Waals surface area contributed by atoms with Crippen LogP contribution in [0.1, 0.15) is 11.1 Å². The topological polar surface area (TPSA) is 43.8 Å². The molecule has 1 N–H and O–H groups in total. The summed E-state index contributed by atoms with van der Waals surface area (Å²) in [7, 11) is 3.89. The van der Waals surface area contributed by atoms with Gasteiger partial charge in [0.25, 0.3) is 0 Å². The van der Waals surface area contributed by atoms with Crippen LogP contribution in [-0.4, -0.2) is 54.6 Å². The van der Waals surface area contributed by atoms with Gasteiger partial charge >= 0.3 is 5.97 Å². The van der Waals surface area contributed by atoms with Crippen LogP contribution >= 0.6 is 0 Å². The van der Waals surface area contributed by atoms with Gasteiger partial charge in [0.2, 0.25) is 0 Å². The Labute approximate surface area is 113 Å². The Morgan fingerprint density at radius 1 is 1.32 bits per heavy atom. The molecule has 0 bridgehead atoms. The van der Waals surface area contributed by atoms with E-state index in [4.69, 9.17) is 5.11 Å². The van der Waals surface area contributed by atoms with Crippen LogP contribution < -0.4 is 0 Å². The monoisotopic (exact) mass is 268 g/mol. The second kappa shape index (κ2) is 7.21. The van der Waals surface area contributed by atoms with Gasteiger partial charge in [0.15, 0.2) is 0 Å². The van der Waals surface area contributed by atoms with E-state index < -0.39 is 5.97 Å². The van der Waals surface area contributed by atoms with E-state index in [2.05, 4.69) is 0 Å². The number of likely N-dealkylation sites (N-methyl/N-ethyl adjacent to an activating group) is 1. The lowest BCUT2D eigenvalue weighted by Gasteiger charge is -2.23. The van der Waals surface area contributed by atoms with E-state index in [0.29, 0.717) is 13.1 Å². The third-order valence-corrected chi connectivity index (χ3v) is 2.92. The lowest BCUT2D eigenvalue weighted by molar-refractivity contribution is -0.138. The van der Waals surface area contributed by atoms with Crippen molar-refractivity contribution in [2.24, 2.45) is 0 Å². The van der Waals surface area contributed by atoms with Crippen molar-refractivity contribution >= 4 is 5.97 Å². The van der Waals surface area contributed by atoms with Crippen LogP contribution in [-0.2, 0) is 11.3 Å². The van der Waals surface area contributed by atoms with Gasteiger partial charge in [-0.25, -0.2) is 4.39 Å². The average molecular weight is 268 g/mol. The lowest BCUT2D eigenvalue weighted by Crippen LogP contribution is -2.35. The molecule has 0 atom stereocenters. The molecule has 0 unspecified atom stereocenters. The lowest BCUT2D eigenvalue weighted by atomic mass is 10.1. The molecular formula is C14H21FN2O2. The number of carbonyl (C=O) groups is 1. The van der Waals surface area contributed by atoms with Crippen LogP contribution in [0.15, 0.2) is 18.2 Å². The fourth-order valence-corrected chi connectivity index (χ4v) is 1.82. The molecule has 1 aromatic rings. The highest BCUT2D eigenvalue weighted by molar-refractivity contribution is 5.69. The van der Waals surface area contributed by atoms with Gasteiger partial charge in [0.05, 0.1) is 6.54 Å². The molecule has 0 saturated heterocycles. The van der Waals surface area contributed by atoms with E-state index >= 15 is 0 Å². The van der Waals surface area contributed by atoms with Crippen LogP contribution in [0.3, 0.4) is 0 Å². The maximum absolute atomic E-state index is 13.0. The minimum atomic E-state index is -0.849. The third-order valence-electron chi connectivity index (χ3n) is 2.92. The predicted octanol–water partition coefficient (Wildman–Crippen LogP) is 1.58. The number of nitrogens with zero attached hydrogens (tertiary/aromatic N) is 2. The first-order valence-corrected chi connectivity index (χ1v) is 6.22. The van der Waals surface area contributed by atoms with E-state index in [0.717, 1.165) is 17.7 Å². The Balaban J connectivity index is 2.72. The van der Waals surface area contributed by atoms with Gasteiger partial charge in [-0.15, -0.1) is 0 Å². The standard InChI is InChI=1S/C14H21FN2O2/c1-11-8-13(15)5-4-12(11)9-17(10-14(18)19)7-6-16(2)3/h4-5,8H,6-7,9-10H2,1-3H3,(H,18,19). The van der Waals surface area contributed by atoms with Gasteiger partial charge in [-0.3, -0.25) is 9.69 Å². The molecule has 5 heteroatoms. The van der Waals surface area contributed by atoms with Gasteiger partial charge in [0.1, 0.15) is 5.82 Å². The molecular weight excluding hydrogens is 247 g/mol. The summed E-state index contributed by atoms with van der Waals surface area (Å²) in [6.45, 7) is 3.80. The van der Waals surface area contributed by atoms with E-state index in [1.54, 1.807) is 6.07 Å². The van der Waals surface area contributed by atoms with Crippen molar-refractivity contribution in [1.82, 2.24) is 9.80 Å². The van der Waals surface area contributed by atoms with Gasteiger partial charge < -0.3 is 10.0 Å². The van der Waals surface area contributed by atoms with Crippen LogP contribution in [0, 0.1) is 12.7 Å². The number of aliphatic carboxylic acids is 1. The molecule has 0 aromatic heterocycles. The quantitative estimate of drug-likeness (QED) is 0.815. The van der Waals surface area contributed by atoms with Crippen LogP contribution in [0.4, 0.5) is 4.39 Å². The molecule has 1 rings (SSSR count). The zero-order chi connectivity index (χ0) is 14.4. The molecule has 0 aliphatic carbocycles. The average Bonchev–Trinajstić information content (AvgIpc) is 2.28. The third kappa shape index (κ3) is 5.81. The first-order chi connectivity index (χ1) is 8.88. The number of hydrogen-bond acceptors (Lipinski definition) is 3. The summed E-state index contributed by atoms with van der Waals surface area (Å²) < 4.78 is 13.0. The van der Waals surface area contributed by atoms with Crippen molar-refractivity contribution in [3.8, 4) is 0 Å². The maximum Gasteiger partial charge on any atom is 0.317 e. The van der Waals surface area contributed by atoms with Crippen LogP contribution in [0.25, 0.3) is 0 Å². The number of halogens is 1. The maximum atomic E-state index is 13.0. The highest BCUT2D eigenvalue weighted by atomic mass is 19.1. The molecule has 106 valence electrons. The van der Waals surface area contributed by atoms with Crippen molar-refractivity contribution < 1.29 is 14.3 Å². The van der Waals surface area contributed by atoms with E-state index in [9.17, 15) is 9.18 Å². The Morgan fingerprint density at radius 2 is 2.00 bits per heavy atom. The molecule has 19 heavy (non-hydrogen) atoms. The summed E-state index contributed by atoms with van der Waals surface area (Å²) in [5.74, 6) is -1.11. The number of benzene rings is 1. The molecule has 0 aliphatic heterocycles. The summed E-state index contributed by atoms with van der Waals surface area (Å²) in [6.07, 6.45) is 0. The fourth-order valence-electron chi connectivity index (χ4n) is 1.82. The smallest absolute Gasteiger partial charge is 0.317 e. The van der Waals surface area contributed by atoms with Gasteiger partial charge in [-0.2, -0.15) is 0 Å². The van der Waals surface area contributed by atoms with Gasteiger partial charge in [-0.1, -0.05) is 6.07 Å². The molecule has 0 aliphatic rings. The summed E-state index contributed by atoms with van der Waals surface area (Å²) >= 11 is 0. The van der Waals surface area contributed by atoms with Crippen molar-refractivity contribution in [2.45, 2.75) is 13.5 Å². The zero-order valence-electron chi connectivity index (χ0n) is 11.7. The van der Waals surface area contributed by atoms with Crippen molar-refractivity contribution in [3.05, 3.63) is 35.1 Å². The highest BCUT2D eigenvalue weighted by Gasteiger charge is 2.12. The number of rotatable bonds is 7. The summed E-state index contributed by atoms with van der Waals surface area (Å²) in [6, 6.07) is 4.60. The molecule has 1 aromatic carbocycles.